The molecule has 1 aliphatic rings. The molecule has 1 saturated heterocycles. The van der Waals surface area contributed by atoms with Crippen molar-refractivity contribution < 1.29 is 18.0 Å². The maximum atomic E-state index is 12.9. The first-order valence-electron chi connectivity index (χ1n) is 10.7. The molecule has 3 aromatic rings. The molecular formula is C24H24F3N5O. The van der Waals surface area contributed by atoms with E-state index in [1.165, 1.54) is 12.1 Å². The van der Waals surface area contributed by atoms with Crippen LogP contribution >= 0.6 is 0 Å². The van der Waals surface area contributed by atoms with Crippen LogP contribution in [0.1, 0.15) is 29.7 Å². The van der Waals surface area contributed by atoms with Gasteiger partial charge in [0.25, 0.3) is 0 Å². The number of aryl methyl sites for hydroxylation is 1. The van der Waals surface area contributed by atoms with Gasteiger partial charge in [-0.3, -0.25) is 4.79 Å². The molecule has 0 atom stereocenters. The summed E-state index contributed by atoms with van der Waals surface area (Å²) < 4.78 is 38.6. The molecule has 1 fully saturated rings. The van der Waals surface area contributed by atoms with Gasteiger partial charge < -0.3 is 15.5 Å². The summed E-state index contributed by atoms with van der Waals surface area (Å²) in [6.45, 7) is 3.84. The first-order valence-corrected chi connectivity index (χ1v) is 10.7. The Labute approximate surface area is 189 Å². The van der Waals surface area contributed by atoms with Gasteiger partial charge in [-0.15, -0.1) is 0 Å². The van der Waals surface area contributed by atoms with Gasteiger partial charge in [0.2, 0.25) is 11.9 Å². The van der Waals surface area contributed by atoms with Crippen LogP contribution in [0.2, 0.25) is 0 Å². The number of hydrogen-bond donors (Lipinski definition) is 2. The number of amides is 1. The first kappa shape index (κ1) is 22.6. The van der Waals surface area contributed by atoms with Gasteiger partial charge in [-0.1, -0.05) is 18.2 Å². The van der Waals surface area contributed by atoms with Crippen molar-refractivity contribution in [2.45, 2.75) is 32.4 Å². The van der Waals surface area contributed by atoms with Gasteiger partial charge in [0.1, 0.15) is 5.82 Å². The second kappa shape index (κ2) is 9.48. The lowest BCUT2D eigenvalue weighted by Crippen LogP contribution is -2.21. The van der Waals surface area contributed by atoms with Crippen molar-refractivity contribution in [2.24, 2.45) is 0 Å². The zero-order chi connectivity index (χ0) is 23.4. The van der Waals surface area contributed by atoms with Gasteiger partial charge in [0, 0.05) is 36.2 Å². The van der Waals surface area contributed by atoms with Gasteiger partial charge in [0.05, 0.1) is 12.0 Å². The van der Waals surface area contributed by atoms with Crippen LogP contribution in [0, 0.1) is 6.92 Å². The number of aromatic nitrogens is 2. The van der Waals surface area contributed by atoms with E-state index in [1.807, 2.05) is 13.0 Å². The standard InChI is InChI=1S/C24H24F3N5O/c1-16-13-21(31-23(28-16)32-11-2-3-12-32)29-19-7-9-20(10-8-19)30-22(33)15-17-5-4-6-18(14-17)24(25,26)27/h4-10,13-14H,2-3,11-12,15H2,1H3,(H,30,33)(H,28,29,31). The number of alkyl halides is 3. The van der Waals surface area contributed by atoms with Crippen molar-refractivity contribution in [2.75, 3.05) is 28.6 Å². The maximum Gasteiger partial charge on any atom is 0.416 e. The van der Waals surface area contributed by atoms with Crippen LogP contribution < -0.4 is 15.5 Å². The highest BCUT2D eigenvalue weighted by Crippen LogP contribution is 2.29. The van der Waals surface area contributed by atoms with E-state index in [0.29, 0.717) is 23.0 Å². The van der Waals surface area contributed by atoms with E-state index in [-0.39, 0.29) is 6.42 Å². The van der Waals surface area contributed by atoms with Gasteiger partial charge in [-0.2, -0.15) is 18.2 Å². The van der Waals surface area contributed by atoms with Crippen LogP contribution in [0.3, 0.4) is 0 Å². The van der Waals surface area contributed by atoms with Crippen LogP contribution in [0.4, 0.5) is 36.3 Å². The predicted octanol–water partition coefficient (Wildman–Crippen LogP) is 5.33. The number of benzene rings is 2. The molecular weight excluding hydrogens is 431 g/mol. The minimum absolute atomic E-state index is 0.149. The van der Waals surface area contributed by atoms with Gasteiger partial charge in [0.15, 0.2) is 0 Å². The minimum Gasteiger partial charge on any atom is -0.341 e. The Bertz CT molecular complexity index is 1130. The predicted molar refractivity (Wildman–Crippen MR) is 122 cm³/mol. The fourth-order valence-electron chi connectivity index (χ4n) is 3.71. The maximum absolute atomic E-state index is 12.9. The summed E-state index contributed by atoms with van der Waals surface area (Å²) in [7, 11) is 0. The molecule has 4 rings (SSSR count). The van der Waals surface area contributed by atoms with Crippen molar-refractivity contribution in [3.63, 3.8) is 0 Å². The number of halogens is 3. The molecule has 0 unspecified atom stereocenters. The van der Waals surface area contributed by atoms with E-state index in [0.717, 1.165) is 49.4 Å². The second-order valence-electron chi connectivity index (χ2n) is 8.01. The summed E-state index contributed by atoms with van der Waals surface area (Å²) >= 11 is 0. The summed E-state index contributed by atoms with van der Waals surface area (Å²) in [5, 5.41) is 5.97. The fourth-order valence-corrected chi connectivity index (χ4v) is 3.71. The molecule has 33 heavy (non-hydrogen) atoms. The Morgan fingerprint density at radius 2 is 1.70 bits per heavy atom. The molecule has 2 heterocycles. The van der Waals surface area contributed by atoms with E-state index in [2.05, 4.69) is 25.5 Å². The molecule has 2 aromatic carbocycles. The second-order valence-corrected chi connectivity index (χ2v) is 8.01. The number of anilines is 4. The van der Waals surface area contributed by atoms with Gasteiger partial charge >= 0.3 is 6.18 Å². The monoisotopic (exact) mass is 455 g/mol. The third-order valence-corrected chi connectivity index (χ3v) is 5.29. The molecule has 1 aromatic heterocycles. The quantitative estimate of drug-likeness (QED) is 0.526. The Morgan fingerprint density at radius 3 is 2.39 bits per heavy atom. The van der Waals surface area contributed by atoms with Crippen LogP contribution in [0.25, 0.3) is 0 Å². The molecule has 1 amide bonds. The van der Waals surface area contributed by atoms with Gasteiger partial charge in [-0.25, -0.2) is 4.98 Å². The summed E-state index contributed by atoms with van der Waals surface area (Å²) in [5.41, 5.74) is 1.74. The Balaban J connectivity index is 1.37. The molecule has 172 valence electrons. The van der Waals surface area contributed by atoms with E-state index in [1.54, 1.807) is 24.3 Å². The molecule has 6 nitrogen and oxygen atoms in total. The smallest absolute Gasteiger partial charge is 0.341 e. The third kappa shape index (κ3) is 6.00. The van der Waals surface area contributed by atoms with E-state index in [9.17, 15) is 18.0 Å². The molecule has 2 N–H and O–H groups in total. The van der Waals surface area contributed by atoms with Crippen molar-refractivity contribution in [1.29, 1.82) is 0 Å². The summed E-state index contributed by atoms with van der Waals surface area (Å²) in [6, 6.07) is 13.7. The lowest BCUT2D eigenvalue weighted by molar-refractivity contribution is -0.137. The number of nitrogens with one attached hydrogen (secondary N) is 2. The average molecular weight is 455 g/mol. The third-order valence-electron chi connectivity index (χ3n) is 5.29. The SMILES string of the molecule is Cc1cc(Nc2ccc(NC(=O)Cc3cccc(C(F)(F)F)c3)cc2)nc(N2CCCC2)n1. The fraction of sp³-hybridized carbons (Fsp3) is 0.292. The topological polar surface area (TPSA) is 70.2 Å². The molecule has 1 aliphatic heterocycles. The highest BCUT2D eigenvalue weighted by atomic mass is 19.4. The van der Waals surface area contributed by atoms with E-state index >= 15 is 0 Å². The highest BCUT2D eigenvalue weighted by Gasteiger charge is 2.30. The van der Waals surface area contributed by atoms with Crippen molar-refractivity contribution in [3.05, 3.63) is 71.4 Å². The number of rotatable bonds is 6. The largest absolute Gasteiger partial charge is 0.416 e. The lowest BCUT2D eigenvalue weighted by Gasteiger charge is -2.17. The first-order chi connectivity index (χ1) is 15.8. The Morgan fingerprint density at radius 1 is 1.00 bits per heavy atom. The van der Waals surface area contributed by atoms with Crippen LogP contribution in [-0.4, -0.2) is 29.0 Å². The summed E-state index contributed by atoms with van der Waals surface area (Å²) in [5.74, 6) is 1.01. The normalized spacial score (nSPS) is 13.8. The molecule has 0 radical (unpaired) electrons. The molecule has 9 heteroatoms. The van der Waals surface area contributed by atoms with E-state index < -0.39 is 17.6 Å². The summed E-state index contributed by atoms with van der Waals surface area (Å²) in [6.07, 6.45) is -2.31. The zero-order valence-electron chi connectivity index (χ0n) is 18.1. The van der Waals surface area contributed by atoms with Crippen molar-refractivity contribution in [1.82, 2.24) is 9.97 Å². The van der Waals surface area contributed by atoms with E-state index in [4.69, 9.17) is 0 Å². The minimum atomic E-state index is -4.44. The molecule has 0 aliphatic carbocycles. The van der Waals surface area contributed by atoms with Gasteiger partial charge in [-0.05, 0) is 55.7 Å². The Hall–Kier alpha value is -3.62. The van der Waals surface area contributed by atoms with Crippen LogP contribution in [0.5, 0.6) is 0 Å². The van der Waals surface area contributed by atoms with Crippen molar-refractivity contribution in [3.8, 4) is 0 Å². The zero-order valence-corrected chi connectivity index (χ0v) is 18.1. The molecule has 0 saturated carbocycles. The lowest BCUT2D eigenvalue weighted by atomic mass is 10.1. The van der Waals surface area contributed by atoms with Crippen LogP contribution in [0.15, 0.2) is 54.6 Å². The number of carbonyl (C=O) groups excluding carboxylic acids is 1. The Kier molecular flexibility index (Phi) is 6.48. The number of nitrogens with zero attached hydrogens (tertiary/aromatic N) is 3. The highest BCUT2D eigenvalue weighted by molar-refractivity contribution is 5.92. The average Bonchev–Trinajstić information content (AvgIpc) is 3.29. The van der Waals surface area contributed by atoms with Crippen LogP contribution in [-0.2, 0) is 17.4 Å². The number of hydrogen-bond acceptors (Lipinski definition) is 5. The van der Waals surface area contributed by atoms with Crippen molar-refractivity contribution >= 4 is 29.0 Å². The molecule has 0 bridgehead atoms. The number of carbonyl (C=O) groups is 1. The summed E-state index contributed by atoms with van der Waals surface area (Å²) in [4.78, 5) is 23.6. The molecule has 0 spiro atoms.